The molecule has 0 amide bonds. The normalized spacial score (nSPS) is 12.1. The molecule has 1 aromatic rings. The Morgan fingerprint density at radius 3 is 2.86 bits per heavy atom. The summed E-state index contributed by atoms with van der Waals surface area (Å²) < 4.78 is 1.81. The minimum Gasteiger partial charge on any atom is -0.396 e. The molecule has 2 N–H and O–H groups in total. The van der Waals surface area contributed by atoms with E-state index in [1.54, 1.807) is 6.33 Å². The molecule has 4 nitrogen and oxygen atoms in total. The summed E-state index contributed by atoms with van der Waals surface area (Å²) in [5.41, 5.74) is 7.62. The Labute approximate surface area is 83.7 Å². The zero-order valence-electron chi connectivity index (χ0n) is 8.49. The monoisotopic (exact) mass is 190 g/mol. The van der Waals surface area contributed by atoms with Gasteiger partial charge in [-0.15, -0.1) is 0 Å². The molecule has 0 unspecified atom stereocenters. The van der Waals surface area contributed by atoms with Crippen molar-refractivity contribution in [2.75, 3.05) is 0 Å². The molecule has 0 radical (unpaired) electrons. The predicted octanol–water partition coefficient (Wildman–Crippen LogP) is 1.41. The van der Waals surface area contributed by atoms with E-state index < -0.39 is 0 Å². The molecule has 0 saturated heterocycles. The molecular weight excluding hydrogens is 176 g/mol. The van der Waals surface area contributed by atoms with Crippen molar-refractivity contribution >= 4 is 5.70 Å². The van der Waals surface area contributed by atoms with E-state index in [0.717, 1.165) is 6.42 Å². The fourth-order valence-electron chi connectivity index (χ4n) is 1.21. The van der Waals surface area contributed by atoms with Crippen molar-refractivity contribution in [1.29, 1.82) is 5.26 Å². The minimum absolute atomic E-state index is 0.495. The molecule has 0 aromatic carbocycles. The highest BCUT2D eigenvalue weighted by Gasteiger charge is 2.06. The van der Waals surface area contributed by atoms with Crippen LogP contribution < -0.4 is 5.73 Å². The summed E-state index contributed by atoms with van der Waals surface area (Å²) in [6.45, 7) is 2.02. The van der Waals surface area contributed by atoms with Crippen LogP contribution in [0.15, 0.2) is 18.1 Å². The van der Waals surface area contributed by atoms with Gasteiger partial charge in [-0.1, -0.05) is 13.3 Å². The van der Waals surface area contributed by atoms with E-state index in [0.29, 0.717) is 23.4 Å². The number of hydrogen-bond acceptors (Lipinski definition) is 3. The number of nitrogens with zero attached hydrogens (tertiary/aromatic N) is 3. The molecule has 0 aliphatic heterocycles. The van der Waals surface area contributed by atoms with E-state index in [9.17, 15) is 0 Å². The summed E-state index contributed by atoms with van der Waals surface area (Å²) >= 11 is 0. The number of aryl methyl sites for hydroxylation is 1. The third-order valence-corrected chi connectivity index (χ3v) is 1.94. The molecule has 1 rings (SSSR count). The molecule has 0 fully saturated rings. The van der Waals surface area contributed by atoms with Crippen LogP contribution in [-0.2, 0) is 7.05 Å². The van der Waals surface area contributed by atoms with Gasteiger partial charge >= 0.3 is 0 Å². The van der Waals surface area contributed by atoms with Gasteiger partial charge < -0.3 is 10.3 Å². The molecule has 74 valence electrons. The molecule has 0 spiro atoms. The summed E-state index contributed by atoms with van der Waals surface area (Å²) in [5, 5.41) is 8.87. The summed E-state index contributed by atoms with van der Waals surface area (Å²) in [5.74, 6) is 0. The van der Waals surface area contributed by atoms with E-state index in [2.05, 4.69) is 11.1 Å². The Hall–Kier alpha value is -1.76. The Kier molecular flexibility index (Phi) is 3.29. The van der Waals surface area contributed by atoms with Gasteiger partial charge in [0.1, 0.15) is 5.69 Å². The number of hydrogen-bond donors (Lipinski definition) is 1. The van der Waals surface area contributed by atoms with Gasteiger partial charge in [0.15, 0.2) is 0 Å². The minimum atomic E-state index is 0.495. The van der Waals surface area contributed by atoms with Gasteiger partial charge in [0, 0.05) is 13.2 Å². The molecule has 0 saturated carbocycles. The maximum Gasteiger partial charge on any atom is 0.105 e. The van der Waals surface area contributed by atoms with Crippen molar-refractivity contribution in [1.82, 2.24) is 9.55 Å². The standard InChI is InChI=1S/C10H14N4/c1-3-4-8(5-11)10(12)9-6-14(2)7-13-9/h6-7H,3-4,12H2,1-2H3/b10-8+. The lowest BCUT2D eigenvalue weighted by Gasteiger charge is -2.00. The van der Waals surface area contributed by atoms with Crippen LogP contribution in [0.3, 0.4) is 0 Å². The highest BCUT2D eigenvalue weighted by Crippen LogP contribution is 2.14. The van der Waals surface area contributed by atoms with Crippen molar-refractivity contribution in [3.8, 4) is 6.07 Å². The summed E-state index contributed by atoms with van der Waals surface area (Å²) in [6, 6.07) is 2.12. The van der Waals surface area contributed by atoms with Crippen molar-refractivity contribution < 1.29 is 0 Å². The lowest BCUT2D eigenvalue weighted by molar-refractivity contribution is 0.913. The fraction of sp³-hybridized carbons (Fsp3) is 0.400. The van der Waals surface area contributed by atoms with Crippen molar-refractivity contribution in [2.45, 2.75) is 19.8 Å². The van der Waals surface area contributed by atoms with Gasteiger partial charge in [0.25, 0.3) is 0 Å². The lowest BCUT2D eigenvalue weighted by atomic mass is 10.1. The van der Waals surface area contributed by atoms with Crippen LogP contribution in [0, 0.1) is 11.3 Å². The maximum absolute atomic E-state index is 8.87. The average molecular weight is 190 g/mol. The Bertz CT molecular complexity index is 381. The van der Waals surface area contributed by atoms with Gasteiger partial charge in [0.2, 0.25) is 0 Å². The Balaban J connectivity index is 3.02. The molecule has 0 aliphatic rings. The lowest BCUT2D eigenvalue weighted by Crippen LogP contribution is -2.01. The first-order chi connectivity index (χ1) is 6.69. The Morgan fingerprint density at radius 2 is 2.43 bits per heavy atom. The van der Waals surface area contributed by atoms with Gasteiger partial charge in [-0.05, 0) is 6.42 Å². The molecule has 4 heteroatoms. The van der Waals surface area contributed by atoms with Crippen LogP contribution in [0.25, 0.3) is 5.70 Å². The highest BCUT2D eigenvalue weighted by atomic mass is 15.0. The van der Waals surface area contributed by atoms with Gasteiger partial charge in [-0.25, -0.2) is 4.98 Å². The molecule has 0 bridgehead atoms. The summed E-state index contributed by atoms with van der Waals surface area (Å²) in [6.07, 6.45) is 5.10. The Morgan fingerprint density at radius 1 is 1.71 bits per heavy atom. The maximum atomic E-state index is 8.87. The largest absolute Gasteiger partial charge is 0.396 e. The van der Waals surface area contributed by atoms with E-state index in [4.69, 9.17) is 11.0 Å². The molecule has 1 heterocycles. The summed E-state index contributed by atoms with van der Waals surface area (Å²) in [7, 11) is 1.87. The first kappa shape index (κ1) is 10.3. The molecule has 1 aromatic heterocycles. The van der Waals surface area contributed by atoms with Crippen LogP contribution >= 0.6 is 0 Å². The smallest absolute Gasteiger partial charge is 0.105 e. The number of nitrogens with two attached hydrogens (primary N) is 1. The molecular formula is C10H14N4. The van der Waals surface area contributed by atoms with Gasteiger partial charge in [-0.2, -0.15) is 5.26 Å². The number of allylic oxidation sites excluding steroid dienone is 1. The average Bonchev–Trinajstić information content (AvgIpc) is 2.60. The molecule has 0 aliphatic carbocycles. The zero-order valence-corrected chi connectivity index (χ0v) is 8.49. The van der Waals surface area contributed by atoms with Crippen LogP contribution in [-0.4, -0.2) is 9.55 Å². The second-order valence-corrected chi connectivity index (χ2v) is 3.18. The van der Waals surface area contributed by atoms with E-state index >= 15 is 0 Å². The second kappa shape index (κ2) is 4.47. The molecule has 0 atom stereocenters. The van der Waals surface area contributed by atoms with E-state index in [-0.39, 0.29) is 0 Å². The predicted molar refractivity (Wildman–Crippen MR) is 54.8 cm³/mol. The second-order valence-electron chi connectivity index (χ2n) is 3.18. The third kappa shape index (κ3) is 2.13. The topological polar surface area (TPSA) is 67.6 Å². The number of rotatable bonds is 3. The third-order valence-electron chi connectivity index (χ3n) is 1.94. The van der Waals surface area contributed by atoms with Gasteiger partial charge in [0.05, 0.1) is 23.7 Å². The first-order valence-corrected chi connectivity index (χ1v) is 4.56. The zero-order chi connectivity index (χ0) is 10.6. The van der Waals surface area contributed by atoms with Crippen molar-refractivity contribution in [3.05, 3.63) is 23.8 Å². The van der Waals surface area contributed by atoms with Crippen molar-refractivity contribution in [3.63, 3.8) is 0 Å². The number of aromatic nitrogens is 2. The number of nitriles is 1. The quantitative estimate of drug-likeness (QED) is 0.733. The van der Waals surface area contributed by atoms with Crippen molar-refractivity contribution in [2.24, 2.45) is 12.8 Å². The number of imidazole rings is 1. The summed E-state index contributed by atoms with van der Waals surface area (Å²) in [4.78, 5) is 4.10. The van der Waals surface area contributed by atoms with E-state index in [1.165, 1.54) is 0 Å². The first-order valence-electron chi connectivity index (χ1n) is 4.56. The van der Waals surface area contributed by atoms with Crippen LogP contribution in [0.1, 0.15) is 25.5 Å². The van der Waals surface area contributed by atoms with Gasteiger partial charge in [-0.3, -0.25) is 0 Å². The fourth-order valence-corrected chi connectivity index (χ4v) is 1.21. The SMILES string of the molecule is CCC/C(C#N)=C(\N)c1cn(C)cn1. The van der Waals surface area contributed by atoms with E-state index in [1.807, 2.05) is 24.7 Å². The highest BCUT2D eigenvalue weighted by molar-refractivity contribution is 5.66. The molecule has 14 heavy (non-hydrogen) atoms. The van der Waals surface area contributed by atoms with Crippen LogP contribution in [0.2, 0.25) is 0 Å². The van der Waals surface area contributed by atoms with Crippen LogP contribution in [0.4, 0.5) is 0 Å². The van der Waals surface area contributed by atoms with Crippen LogP contribution in [0.5, 0.6) is 0 Å².